The maximum atomic E-state index is 13.7. The summed E-state index contributed by atoms with van der Waals surface area (Å²) >= 11 is 0.762. The van der Waals surface area contributed by atoms with E-state index in [-0.39, 0.29) is 44.6 Å². The van der Waals surface area contributed by atoms with Gasteiger partial charge in [0, 0.05) is 11.5 Å². The third-order valence-corrected chi connectivity index (χ3v) is 6.18. The van der Waals surface area contributed by atoms with E-state index in [2.05, 4.69) is 15.4 Å². The van der Waals surface area contributed by atoms with Gasteiger partial charge in [0.1, 0.15) is 10.7 Å². The number of hydrogen-bond donors (Lipinski definition) is 2. The molecule has 0 aliphatic carbocycles. The molecule has 3 rings (SSSR count). The Balaban J connectivity index is 2.07. The predicted molar refractivity (Wildman–Crippen MR) is 123 cm³/mol. The highest BCUT2D eigenvalue weighted by atomic mass is 32.1. The van der Waals surface area contributed by atoms with Gasteiger partial charge >= 0.3 is 12.1 Å². The summed E-state index contributed by atoms with van der Waals surface area (Å²) in [4.78, 5) is 41.6. The van der Waals surface area contributed by atoms with Crippen LogP contribution >= 0.6 is 11.3 Å². The Kier molecular flexibility index (Phi) is 6.93. The number of amides is 2. The molecule has 2 amide bonds. The lowest BCUT2D eigenvalue weighted by atomic mass is 9.91. The van der Waals surface area contributed by atoms with Crippen LogP contribution in [0, 0.1) is 6.92 Å². The Morgan fingerprint density at radius 1 is 1.20 bits per heavy atom. The number of aromatic nitrogens is 3. The van der Waals surface area contributed by atoms with Crippen molar-refractivity contribution in [3.8, 4) is 0 Å². The average molecular weight is 512 g/mol. The van der Waals surface area contributed by atoms with Gasteiger partial charge in [-0.3, -0.25) is 9.59 Å². The Labute approximate surface area is 202 Å². The summed E-state index contributed by atoms with van der Waals surface area (Å²) in [5.41, 5.74) is 3.40. The average Bonchev–Trinajstić information content (AvgIpc) is 3.31. The number of carbonyl (C=O) groups is 3. The summed E-state index contributed by atoms with van der Waals surface area (Å²) in [7, 11) is 0. The van der Waals surface area contributed by atoms with Crippen molar-refractivity contribution in [2.75, 3.05) is 11.9 Å². The first-order valence-electron chi connectivity index (χ1n) is 10.5. The molecule has 13 heteroatoms. The molecule has 0 saturated heterocycles. The molecule has 9 nitrogen and oxygen atoms in total. The summed E-state index contributed by atoms with van der Waals surface area (Å²) in [6, 6.07) is 2.01. The molecule has 0 unspecified atom stereocenters. The zero-order valence-electron chi connectivity index (χ0n) is 19.7. The van der Waals surface area contributed by atoms with Gasteiger partial charge in [-0.1, -0.05) is 27.7 Å². The first-order chi connectivity index (χ1) is 16.1. The van der Waals surface area contributed by atoms with E-state index < -0.39 is 35.1 Å². The Morgan fingerprint density at radius 2 is 1.86 bits per heavy atom. The summed E-state index contributed by atoms with van der Waals surface area (Å²) in [6.07, 6.45) is -4.20. The molecule has 3 N–H and O–H groups in total. The number of alkyl halides is 3. The van der Waals surface area contributed by atoms with E-state index in [1.54, 1.807) is 27.7 Å². The molecule has 3 aromatic heterocycles. The molecule has 0 atom stereocenters. The van der Waals surface area contributed by atoms with Gasteiger partial charge in [-0.25, -0.2) is 14.3 Å². The lowest BCUT2D eigenvalue weighted by Crippen LogP contribution is -2.20. The monoisotopic (exact) mass is 511 g/mol. The van der Waals surface area contributed by atoms with Crippen LogP contribution in [0.5, 0.6) is 0 Å². The fourth-order valence-electron chi connectivity index (χ4n) is 3.19. The molecule has 188 valence electrons. The maximum absolute atomic E-state index is 13.7. The number of halogens is 3. The maximum Gasteiger partial charge on any atom is 0.433 e. The number of thiophene rings is 1. The molecule has 0 aliphatic heterocycles. The number of rotatable bonds is 6. The number of esters is 1. The number of primary amides is 1. The molecule has 0 saturated carbocycles. The predicted octanol–water partition coefficient (Wildman–Crippen LogP) is 4.33. The van der Waals surface area contributed by atoms with Gasteiger partial charge < -0.3 is 15.8 Å². The number of hydrogen-bond acceptors (Lipinski definition) is 7. The molecule has 35 heavy (non-hydrogen) atoms. The second kappa shape index (κ2) is 9.29. The smallest absolute Gasteiger partial charge is 0.433 e. The lowest BCUT2D eigenvalue weighted by Gasteiger charge is -2.19. The van der Waals surface area contributed by atoms with Crippen molar-refractivity contribution < 1.29 is 32.3 Å². The Hall–Kier alpha value is -3.48. The summed E-state index contributed by atoms with van der Waals surface area (Å²) in [6.45, 7) is 8.53. The lowest BCUT2D eigenvalue weighted by molar-refractivity contribution is -0.142. The number of nitrogens with zero attached hydrogens (tertiary/aromatic N) is 3. The Bertz CT molecular complexity index is 1320. The highest BCUT2D eigenvalue weighted by molar-refractivity contribution is 7.18. The van der Waals surface area contributed by atoms with Crippen LogP contribution in [0.4, 0.5) is 18.2 Å². The van der Waals surface area contributed by atoms with Crippen molar-refractivity contribution in [3.05, 3.63) is 45.2 Å². The third kappa shape index (κ3) is 5.29. The zero-order valence-corrected chi connectivity index (χ0v) is 20.5. The number of ether oxygens (including phenoxy) is 1. The van der Waals surface area contributed by atoms with E-state index >= 15 is 0 Å². The first kappa shape index (κ1) is 26.1. The number of fused-ring (bicyclic) bond motifs is 1. The molecule has 0 spiro atoms. The minimum absolute atomic E-state index is 0.0288. The number of anilines is 1. The topological polar surface area (TPSA) is 129 Å². The van der Waals surface area contributed by atoms with Crippen LogP contribution in [0.1, 0.15) is 81.6 Å². The standard InChI is InChI=1S/C22H24F3N5O4S/c1-6-7-34-20(33)15-10(2)16(17(26)31)35-19(15)28-18(32)11-8-14-27-12(21(3,4)5)9-13(22(23,24)25)30(14)29-11/h8-9H,6-7H2,1-5H3,(H2,26,31)(H,28,32). The summed E-state index contributed by atoms with van der Waals surface area (Å²) < 4.78 is 46.9. The zero-order chi connectivity index (χ0) is 26.3. The normalized spacial score (nSPS) is 12.1. The number of nitrogens with two attached hydrogens (primary N) is 1. The van der Waals surface area contributed by atoms with Gasteiger partial charge in [0.15, 0.2) is 11.3 Å². The van der Waals surface area contributed by atoms with E-state index in [9.17, 15) is 27.6 Å². The van der Waals surface area contributed by atoms with E-state index in [1.165, 1.54) is 6.92 Å². The summed E-state index contributed by atoms with van der Waals surface area (Å²) in [5.74, 6) is -2.48. The van der Waals surface area contributed by atoms with E-state index in [4.69, 9.17) is 10.5 Å². The fraction of sp³-hybridized carbons (Fsp3) is 0.409. The van der Waals surface area contributed by atoms with Gasteiger partial charge in [0.2, 0.25) is 0 Å². The second-order valence-electron chi connectivity index (χ2n) is 8.79. The van der Waals surface area contributed by atoms with Gasteiger partial charge in [0.05, 0.1) is 22.7 Å². The van der Waals surface area contributed by atoms with Crippen molar-refractivity contribution in [1.29, 1.82) is 0 Å². The molecule has 3 aromatic rings. The highest BCUT2D eigenvalue weighted by Gasteiger charge is 2.37. The highest BCUT2D eigenvalue weighted by Crippen LogP contribution is 2.35. The molecular weight excluding hydrogens is 487 g/mol. The van der Waals surface area contributed by atoms with Crippen molar-refractivity contribution >= 4 is 39.8 Å². The molecule has 0 radical (unpaired) electrons. The van der Waals surface area contributed by atoms with Crippen LogP contribution in [-0.4, -0.2) is 39.0 Å². The van der Waals surface area contributed by atoms with Gasteiger partial charge in [-0.05, 0) is 25.0 Å². The quantitative estimate of drug-likeness (QED) is 0.474. The van der Waals surface area contributed by atoms with E-state index in [0.29, 0.717) is 10.9 Å². The van der Waals surface area contributed by atoms with Crippen molar-refractivity contribution in [3.63, 3.8) is 0 Å². The van der Waals surface area contributed by atoms with E-state index in [1.807, 2.05) is 0 Å². The van der Waals surface area contributed by atoms with Crippen LogP contribution < -0.4 is 11.1 Å². The van der Waals surface area contributed by atoms with E-state index in [0.717, 1.165) is 23.5 Å². The third-order valence-electron chi connectivity index (χ3n) is 4.96. The SMILES string of the molecule is CCCOC(=O)c1c(NC(=O)c2cc3nc(C(C)(C)C)cc(C(F)(F)F)n3n2)sc(C(N)=O)c1C. The second-order valence-corrected chi connectivity index (χ2v) is 9.81. The first-order valence-corrected chi connectivity index (χ1v) is 11.4. The van der Waals surface area contributed by atoms with Gasteiger partial charge in [0.25, 0.3) is 11.8 Å². The Morgan fingerprint density at radius 3 is 2.40 bits per heavy atom. The van der Waals surface area contributed by atoms with Crippen LogP contribution in [0.25, 0.3) is 5.65 Å². The fourth-order valence-corrected chi connectivity index (χ4v) is 4.23. The minimum atomic E-state index is -4.75. The van der Waals surface area contributed by atoms with Crippen LogP contribution in [0.15, 0.2) is 12.1 Å². The number of nitrogens with one attached hydrogen (secondary N) is 1. The summed E-state index contributed by atoms with van der Waals surface area (Å²) in [5, 5.41) is 6.23. The van der Waals surface area contributed by atoms with Crippen LogP contribution in [-0.2, 0) is 16.3 Å². The minimum Gasteiger partial charge on any atom is -0.462 e. The van der Waals surface area contributed by atoms with Crippen molar-refractivity contribution in [1.82, 2.24) is 14.6 Å². The van der Waals surface area contributed by atoms with Gasteiger partial charge in [-0.15, -0.1) is 11.3 Å². The molecule has 0 aliphatic rings. The molecule has 0 bridgehead atoms. The number of carbonyl (C=O) groups excluding carboxylic acids is 3. The van der Waals surface area contributed by atoms with Crippen LogP contribution in [0.2, 0.25) is 0 Å². The molecule has 3 heterocycles. The van der Waals surface area contributed by atoms with Gasteiger partial charge in [-0.2, -0.15) is 18.3 Å². The van der Waals surface area contributed by atoms with Crippen molar-refractivity contribution in [2.45, 2.75) is 52.6 Å². The molecular formula is C22H24F3N5O4S. The molecule has 0 aromatic carbocycles. The largest absolute Gasteiger partial charge is 0.462 e. The van der Waals surface area contributed by atoms with Crippen LogP contribution in [0.3, 0.4) is 0 Å². The van der Waals surface area contributed by atoms with Crippen molar-refractivity contribution in [2.24, 2.45) is 5.73 Å². The molecule has 0 fully saturated rings.